The highest BCUT2D eigenvalue weighted by molar-refractivity contribution is 5.16. The lowest BCUT2D eigenvalue weighted by Gasteiger charge is -2.06. The van der Waals surface area contributed by atoms with Gasteiger partial charge in [-0.1, -0.05) is 0 Å². The summed E-state index contributed by atoms with van der Waals surface area (Å²) in [5.41, 5.74) is 2.29. The van der Waals surface area contributed by atoms with E-state index in [1.807, 2.05) is 30.1 Å². The summed E-state index contributed by atoms with van der Waals surface area (Å²) in [5, 5.41) is 14.2. The van der Waals surface area contributed by atoms with Gasteiger partial charge in [0, 0.05) is 44.3 Å². The molecule has 2 aromatic rings. The van der Waals surface area contributed by atoms with Crippen LogP contribution in [-0.2, 0) is 20.0 Å². The van der Waals surface area contributed by atoms with Crippen molar-refractivity contribution >= 4 is 0 Å². The molecule has 1 atom stereocenters. The maximum absolute atomic E-state index is 10.0. The van der Waals surface area contributed by atoms with Crippen LogP contribution in [0.15, 0.2) is 30.7 Å². The fourth-order valence-electron chi connectivity index (χ4n) is 2.35. The van der Waals surface area contributed by atoms with Gasteiger partial charge in [0.25, 0.3) is 0 Å². The van der Waals surface area contributed by atoms with E-state index in [1.165, 1.54) is 18.5 Å². The lowest BCUT2D eigenvalue weighted by Crippen LogP contribution is -2.04. The van der Waals surface area contributed by atoms with E-state index in [1.54, 1.807) is 0 Å². The zero-order chi connectivity index (χ0) is 12.5. The van der Waals surface area contributed by atoms with Crippen LogP contribution in [0.4, 0.5) is 0 Å². The number of aryl methyl sites for hydroxylation is 3. The third kappa shape index (κ3) is 2.34. The van der Waals surface area contributed by atoms with Crippen LogP contribution in [0.1, 0.15) is 30.2 Å². The Hall–Kier alpha value is -1.55. The molecule has 0 saturated heterocycles. The van der Waals surface area contributed by atoms with Crippen molar-refractivity contribution in [1.82, 2.24) is 14.3 Å². The number of hydrogen-bond acceptors (Lipinski definition) is 2. The second-order valence-corrected chi connectivity index (χ2v) is 5.16. The Labute approximate surface area is 107 Å². The Bertz CT molecular complexity index is 525. The first-order valence-electron chi connectivity index (χ1n) is 6.54. The molecule has 4 nitrogen and oxygen atoms in total. The van der Waals surface area contributed by atoms with E-state index in [-0.39, 0.29) is 6.10 Å². The summed E-state index contributed by atoms with van der Waals surface area (Å²) in [6, 6.07) is 4.08. The van der Waals surface area contributed by atoms with Crippen molar-refractivity contribution < 1.29 is 5.11 Å². The van der Waals surface area contributed by atoms with Crippen LogP contribution in [0.2, 0.25) is 0 Å². The fraction of sp³-hybridized carbons (Fsp3) is 0.500. The van der Waals surface area contributed by atoms with Gasteiger partial charge in [-0.15, -0.1) is 0 Å². The summed E-state index contributed by atoms with van der Waals surface area (Å²) in [6.07, 6.45) is 8.99. The molecule has 0 aliphatic heterocycles. The van der Waals surface area contributed by atoms with Crippen molar-refractivity contribution in [3.05, 3.63) is 42.0 Å². The minimum atomic E-state index is -0.261. The van der Waals surface area contributed by atoms with E-state index in [4.69, 9.17) is 0 Å². The number of aliphatic hydroxyl groups is 1. The Morgan fingerprint density at radius 3 is 2.94 bits per heavy atom. The van der Waals surface area contributed by atoms with Gasteiger partial charge >= 0.3 is 0 Å². The molecule has 1 aliphatic rings. The van der Waals surface area contributed by atoms with Crippen LogP contribution in [0.25, 0.3) is 0 Å². The summed E-state index contributed by atoms with van der Waals surface area (Å²) in [7, 11) is 1.97. The molecule has 0 spiro atoms. The van der Waals surface area contributed by atoms with E-state index >= 15 is 0 Å². The molecular formula is C14H19N3O. The molecule has 3 rings (SSSR count). The molecule has 1 N–H and O–H groups in total. The normalized spacial score (nSPS) is 17.0. The van der Waals surface area contributed by atoms with Crippen molar-refractivity contribution in [2.75, 3.05) is 0 Å². The number of aliphatic hydroxyl groups excluding tert-OH is 1. The van der Waals surface area contributed by atoms with E-state index < -0.39 is 0 Å². The first-order valence-corrected chi connectivity index (χ1v) is 6.54. The van der Waals surface area contributed by atoms with Gasteiger partial charge in [-0.05, 0) is 36.5 Å². The third-order valence-corrected chi connectivity index (χ3v) is 3.73. The molecular weight excluding hydrogens is 226 g/mol. The van der Waals surface area contributed by atoms with Crippen LogP contribution in [0.3, 0.4) is 0 Å². The lowest BCUT2D eigenvalue weighted by atomic mass is 10.1. The molecule has 1 saturated carbocycles. The smallest absolute Gasteiger partial charge is 0.0832 e. The summed E-state index contributed by atoms with van der Waals surface area (Å²) in [5.74, 6) is 0.498. The van der Waals surface area contributed by atoms with Crippen LogP contribution in [-0.4, -0.2) is 19.5 Å². The first kappa shape index (κ1) is 11.5. The Morgan fingerprint density at radius 1 is 1.44 bits per heavy atom. The predicted octanol–water partition coefficient (Wildman–Crippen LogP) is 1.91. The highest BCUT2D eigenvalue weighted by Gasteiger charge is 2.31. The van der Waals surface area contributed by atoms with Gasteiger partial charge in [-0.3, -0.25) is 4.68 Å². The van der Waals surface area contributed by atoms with Gasteiger partial charge in [-0.25, -0.2) is 0 Å². The summed E-state index contributed by atoms with van der Waals surface area (Å²) in [6.45, 7) is 0.928. The zero-order valence-corrected chi connectivity index (χ0v) is 10.7. The lowest BCUT2D eigenvalue weighted by molar-refractivity contribution is 0.154. The minimum absolute atomic E-state index is 0.261. The molecule has 0 radical (unpaired) electrons. The molecule has 18 heavy (non-hydrogen) atoms. The molecule has 0 aromatic carbocycles. The average Bonchev–Trinajstić information content (AvgIpc) is 2.97. The maximum Gasteiger partial charge on any atom is 0.0832 e. The van der Waals surface area contributed by atoms with Gasteiger partial charge < -0.3 is 9.67 Å². The molecule has 1 aliphatic carbocycles. The minimum Gasteiger partial charge on any atom is -0.388 e. The second kappa shape index (κ2) is 4.61. The van der Waals surface area contributed by atoms with Crippen molar-refractivity contribution in [3.63, 3.8) is 0 Å². The Kier molecular flexibility index (Phi) is 2.96. The number of hydrogen-bond donors (Lipinski definition) is 1. The SMILES string of the molecule is Cn1nccc1CCn1ccc(C(O)C2CC2)c1. The topological polar surface area (TPSA) is 43.0 Å². The predicted molar refractivity (Wildman–Crippen MR) is 69.0 cm³/mol. The van der Waals surface area contributed by atoms with E-state index in [2.05, 4.69) is 22.1 Å². The van der Waals surface area contributed by atoms with Crippen LogP contribution >= 0.6 is 0 Å². The summed E-state index contributed by atoms with van der Waals surface area (Å²) < 4.78 is 4.05. The highest BCUT2D eigenvalue weighted by atomic mass is 16.3. The molecule has 2 heterocycles. The maximum atomic E-state index is 10.0. The third-order valence-electron chi connectivity index (χ3n) is 3.73. The Balaban J connectivity index is 1.61. The van der Waals surface area contributed by atoms with Gasteiger partial charge in [0.05, 0.1) is 6.10 Å². The quantitative estimate of drug-likeness (QED) is 0.874. The van der Waals surface area contributed by atoms with Gasteiger partial charge in [0.2, 0.25) is 0 Å². The standard InChI is InChI=1S/C14H19N3O/c1-16-13(4-7-15-16)6-9-17-8-5-12(10-17)14(18)11-2-3-11/h4-5,7-8,10-11,14,18H,2-3,6,9H2,1H3. The number of rotatable bonds is 5. The van der Waals surface area contributed by atoms with E-state index in [0.29, 0.717) is 5.92 Å². The molecule has 2 aromatic heterocycles. The average molecular weight is 245 g/mol. The molecule has 96 valence electrons. The number of aromatic nitrogens is 3. The molecule has 4 heteroatoms. The number of nitrogens with zero attached hydrogens (tertiary/aromatic N) is 3. The van der Waals surface area contributed by atoms with Crippen molar-refractivity contribution in [1.29, 1.82) is 0 Å². The van der Waals surface area contributed by atoms with Crippen molar-refractivity contribution in [2.24, 2.45) is 13.0 Å². The van der Waals surface area contributed by atoms with E-state index in [9.17, 15) is 5.11 Å². The molecule has 1 fully saturated rings. The summed E-state index contributed by atoms with van der Waals surface area (Å²) in [4.78, 5) is 0. The molecule has 1 unspecified atom stereocenters. The van der Waals surface area contributed by atoms with Gasteiger partial charge in [0.15, 0.2) is 0 Å². The van der Waals surface area contributed by atoms with Gasteiger partial charge in [0.1, 0.15) is 0 Å². The fourth-order valence-corrected chi connectivity index (χ4v) is 2.35. The van der Waals surface area contributed by atoms with E-state index in [0.717, 1.165) is 18.5 Å². The van der Waals surface area contributed by atoms with Crippen LogP contribution in [0, 0.1) is 5.92 Å². The van der Waals surface area contributed by atoms with Crippen molar-refractivity contribution in [2.45, 2.75) is 31.9 Å². The van der Waals surface area contributed by atoms with Crippen molar-refractivity contribution in [3.8, 4) is 0 Å². The molecule has 0 amide bonds. The van der Waals surface area contributed by atoms with Crippen LogP contribution in [0.5, 0.6) is 0 Å². The largest absolute Gasteiger partial charge is 0.388 e. The molecule has 0 bridgehead atoms. The van der Waals surface area contributed by atoms with Gasteiger partial charge in [-0.2, -0.15) is 5.10 Å². The first-order chi connectivity index (χ1) is 8.74. The highest BCUT2D eigenvalue weighted by Crippen LogP contribution is 2.40. The summed E-state index contributed by atoms with van der Waals surface area (Å²) >= 11 is 0. The van der Waals surface area contributed by atoms with Crippen LogP contribution < -0.4 is 0 Å². The monoisotopic (exact) mass is 245 g/mol. The Morgan fingerprint density at radius 2 is 2.28 bits per heavy atom. The second-order valence-electron chi connectivity index (χ2n) is 5.16. The zero-order valence-electron chi connectivity index (χ0n) is 10.7.